The van der Waals surface area contributed by atoms with E-state index < -0.39 is 58.7 Å². The SMILES string of the molecule is CCCC#CCO[C@H]1C[C@H](n2cc(C(F)(F)F)c(=O)n(C(=O)c3ccc(OC)cc3)c2=O)O[C@@H]1COC(=O)C(C)(C)C. The summed E-state index contributed by atoms with van der Waals surface area (Å²) in [5, 5.41) is 0. The molecule has 10 nitrogen and oxygen atoms in total. The Balaban J connectivity index is 2.03. The van der Waals surface area contributed by atoms with E-state index in [9.17, 15) is 32.3 Å². The molecule has 0 spiro atoms. The summed E-state index contributed by atoms with van der Waals surface area (Å²) >= 11 is 0. The van der Waals surface area contributed by atoms with Crippen LogP contribution in [0.4, 0.5) is 13.2 Å². The molecule has 0 amide bonds. The van der Waals surface area contributed by atoms with E-state index in [2.05, 4.69) is 11.8 Å². The van der Waals surface area contributed by atoms with E-state index in [4.69, 9.17) is 18.9 Å². The van der Waals surface area contributed by atoms with Gasteiger partial charge in [0.2, 0.25) is 0 Å². The van der Waals surface area contributed by atoms with Gasteiger partial charge in [0.25, 0.3) is 11.5 Å². The summed E-state index contributed by atoms with van der Waals surface area (Å²) in [6, 6.07) is 5.15. The summed E-state index contributed by atoms with van der Waals surface area (Å²) in [5.41, 5.74) is -5.95. The predicted molar refractivity (Wildman–Crippen MR) is 144 cm³/mol. The van der Waals surface area contributed by atoms with Gasteiger partial charge in [-0.05, 0) is 51.5 Å². The minimum Gasteiger partial charge on any atom is -0.497 e. The van der Waals surface area contributed by atoms with Gasteiger partial charge < -0.3 is 18.9 Å². The number of methoxy groups -OCH3 is 1. The fourth-order valence-electron chi connectivity index (χ4n) is 4.00. The largest absolute Gasteiger partial charge is 0.497 e. The molecule has 0 radical (unpaired) electrons. The van der Waals surface area contributed by atoms with E-state index in [0.717, 1.165) is 6.42 Å². The maximum absolute atomic E-state index is 13.9. The van der Waals surface area contributed by atoms with Gasteiger partial charge in [0.1, 0.15) is 36.9 Å². The Morgan fingerprint density at radius 2 is 1.76 bits per heavy atom. The monoisotopic (exact) mass is 594 g/mol. The average molecular weight is 595 g/mol. The number of unbranched alkanes of at least 4 members (excludes halogenated alkanes) is 1. The number of rotatable bonds is 8. The van der Waals surface area contributed by atoms with Gasteiger partial charge in [0.05, 0.1) is 18.6 Å². The first-order valence-electron chi connectivity index (χ1n) is 13.2. The van der Waals surface area contributed by atoms with Crippen LogP contribution >= 0.6 is 0 Å². The van der Waals surface area contributed by atoms with Crippen LogP contribution < -0.4 is 16.0 Å². The maximum Gasteiger partial charge on any atom is 0.423 e. The molecule has 1 aromatic heterocycles. The van der Waals surface area contributed by atoms with E-state index in [1.165, 1.54) is 31.4 Å². The second kappa shape index (κ2) is 13.4. The van der Waals surface area contributed by atoms with Crippen molar-refractivity contribution in [1.82, 2.24) is 9.13 Å². The molecule has 2 aromatic rings. The van der Waals surface area contributed by atoms with Gasteiger partial charge in [-0.3, -0.25) is 19.0 Å². The Morgan fingerprint density at radius 3 is 2.33 bits per heavy atom. The highest BCUT2D eigenvalue weighted by Crippen LogP contribution is 2.32. The van der Waals surface area contributed by atoms with E-state index in [-0.39, 0.29) is 29.8 Å². The Bertz CT molecular complexity index is 1460. The molecule has 0 N–H and O–H groups in total. The van der Waals surface area contributed by atoms with E-state index in [1.807, 2.05) is 6.92 Å². The summed E-state index contributed by atoms with van der Waals surface area (Å²) in [6.45, 7) is 6.54. The number of carbonyl (C=O) groups is 2. The predicted octanol–water partition coefficient (Wildman–Crippen LogP) is 3.79. The van der Waals surface area contributed by atoms with Crippen molar-refractivity contribution >= 4 is 11.9 Å². The summed E-state index contributed by atoms with van der Waals surface area (Å²) in [5.74, 6) is 4.26. The van der Waals surface area contributed by atoms with Crippen LogP contribution in [0, 0.1) is 17.3 Å². The number of carbonyl (C=O) groups excluding carboxylic acids is 2. The molecule has 13 heteroatoms. The number of hydrogen-bond donors (Lipinski definition) is 0. The van der Waals surface area contributed by atoms with Crippen molar-refractivity contribution in [2.75, 3.05) is 20.3 Å². The van der Waals surface area contributed by atoms with Gasteiger partial charge in [0.15, 0.2) is 0 Å². The summed E-state index contributed by atoms with van der Waals surface area (Å²) in [6.07, 6.45) is -6.75. The first-order chi connectivity index (χ1) is 19.7. The Morgan fingerprint density at radius 1 is 1.10 bits per heavy atom. The number of halogens is 3. The van der Waals surface area contributed by atoms with Crippen molar-refractivity contribution < 1.29 is 41.7 Å². The zero-order chi connectivity index (χ0) is 31.2. The Labute approximate surface area is 240 Å². The fraction of sp³-hybridized carbons (Fsp3) is 0.517. The van der Waals surface area contributed by atoms with E-state index >= 15 is 0 Å². The summed E-state index contributed by atoms with van der Waals surface area (Å²) in [4.78, 5) is 51.7. The van der Waals surface area contributed by atoms with Crippen LogP contribution in [-0.4, -0.2) is 53.5 Å². The molecular formula is C29H33F3N2O8. The molecule has 228 valence electrons. The van der Waals surface area contributed by atoms with Gasteiger partial charge in [-0.15, -0.1) is 5.92 Å². The summed E-state index contributed by atoms with van der Waals surface area (Å²) < 4.78 is 64.3. The zero-order valence-corrected chi connectivity index (χ0v) is 23.9. The van der Waals surface area contributed by atoms with Gasteiger partial charge in [0, 0.05) is 24.6 Å². The van der Waals surface area contributed by atoms with Crippen LogP contribution in [0.1, 0.15) is 69.1 Å². The van der Waals surface area contributed by atoms with Crippen molar-refractivity contribution in [2.45, 2.75) is 71.6 Å². The highest BCUT2D eigenvalue weighted by Gasteiger charge is 2.42. The molecule has 0 aliphatic carbocycles. The van der Waals surface area contributed by atoms with Crippen LogP contribution in [0.15, 0.2) is 40.1 Å². The Hall–Kier alpha value is -3.89. The molecule has 1 aliphatic heterocycles. The van der Waals surface area contributed by atoms with Crippen LogP contribution in [0.2, 0.25) is 0 Å². The van der Waals surface area contributed by atoms with E-state index in [0.29, 0.717) is 22.9 Å². The first kappa shape index (κ1) is 32.6. The normalized spacial score (nSPS) is 18.7. The van der Waals surface area contributed by atoms with Crippen molar-refractivity contribution in [2.24, 2.45) is 5.41 Å². The van der Waals surface area contributed by atoms with Crippen molar-refractivity contribution in [3.63, 3.8) is 0 Å². The quantitative estimate of drug-likeness (QED) is 0.335. The lowest BCUT2D eigenvalue weighted by molar-refractivity contribution is -0.160. The van der Waals surface area contributed by atoms with Crippen LogP contribution in [0.3, 0.4) is 0 Å². The molecule has 3 atom stereocenters. The molecule has 0 unspecified atom stereocenters. The third-order valence-corrected chi connectivity index (χ3v) is 6.31. The fourth-order valence-corrected chi connectivity index (χ4v) is 4.00. The molecule has 1 saturated heterocycles. The van der Waals surface area contributed by atoms with Crippen molar-refractivity contribution in [1.29, 1.82) is 0 Å². The minimum absolute atomic E-state index is 0.0391. The standard InChI is InChI=1S/C29H33F3N2O8/c1-6-7-8-9-14-40-21-15-23(42-22(21)17-41-26(37)28(2,3)4)33-16-20(29(30,31)32)25(36)34(27(33)38)24(35)18-10-12-19(39-5)13-11-18/h10-13,16,21-23H,6-7,14-15,17H2,1-5H3/t21-,22+,23+/m0/s1. The molecule has 1 aliphatic rings. The maximum atomic E-state index is 13.9. The van der Waals surface area contributed by atoms with Crippen LogP contribution in [0.25, 0.3) is 0 Å². The molecule has 42 heavy (non-hydrogen) atoms. The van der Waals surface area contributed by atoms with Gasteiger partial charge in [-0.25, -0.2) is 4.79 Å². The molecule has 2 heterocycles. The van der Waals surface area contributed by atoms with Crippen LogP contribution in [0.5, 0.6) is 5.75 Å². The number of esters is 1. The smallest absolute Gasteiger partial charge is 0.423 e. The third kappa shape index (κ3) is 7.68. The average Bonchev–Trinajstić information content (AvgIpc) is 3.32. The van der Waals surface area contributed by atoms with Crippen molar-refractivity contribution in [3.05, 3.63) is 62.4 Å². The number of nitrogens with zero attached hydrogens (tertiary/aromatic N) is 2. The molecule has 1 fully saturated rings. The minimum atomic E-state index is -5.19. The second-order valence-electron chi connectivity index (χ2n) is 10.6. The molecular weight excluding hydrogens is 561 g/mol. The first-order valence-corrected chi connectivity index (χ1v) is 13.2. The molecule has 1 aromatic carbocycles. The topological polar surface area (TPSA) is 115 Å². The molecule has 0 bridgehead atoms. The summed E-state index contributed by atoms with van der Waals surface area (Å²) in [7, 11) is 1.38. The second-order valence-corrected chi connectivity index (χ2v) is 10.6. The lowest BCUT2D eigenvalue weighted by atomic mass is 9.97. The number of ether oxygens (including phenoxy) is 4. The highest BCUT2D eigenvalue weighted by molar-refractivity contribution is 5.95. The lowest BCUT2D eigenvalue weighted by Crippen LogP contribution is -2.47. The highest BCUT2D eigenvalue weighted by atomic mass is 19.4. The zero-order valence-electron chi connectivity index (χ0n) is 23.9. The number of benzene rings is 1. The van der Waals surface area contributed by atoms with Gasteiger partial charge in [-0.1, -0.05) is 12.8 Å². The number of hydrogen-bond acceptors (Lipinski definition) is 8. The molecule has 0 saturated carbocycles. The van der Waals surface area contributed by atoms with Gasteiger partial charge >= 0.3 is 17.8 Å². The van der Waals surface area contributed by atoms with Gasteiger partial charge in [-0.2, -0.15) is 17.7 Å². The van der Waals surface area contributed by atoms with E-state index in [1.54, 1.807) is 20.8 Å². The third-order valence-electron chi connectivity index (χ3n) is 6.31. The lowest BCUT2D eigenvalue weighted by Gasteiger charge is -2.22. The van der Waals surface area contributed by atoms with Crippen LogP contribution in [-0.2, 0) is 25.2 Å². The Kier molecular flexibility index (Phi) is 10.4. The molecule has 3 rings (SSSR count). The number of alkyl halides is 3. The number of aromatic nitrogens is 2. The van der Waals surface area contributed by atoms with Crippen molar-refractivity contribution in [3.8, 4) is 17.6 Å².